The van der Waals surface area contributed by atoms with E-state index in [9.17, 15) is 9.90 Å². The molecule has 1 amide bonds. The van der Waals surface area contributed by atoms with Crippen LogP contribution >= 0.6 is 15.9 Å². The standard InChI is InChI=1S/C13H10BrNO3/c14-8-1-3-9(4-2-8)15-13(18)11-6-5-10(16)7-12(11)17/h1-7,16-17H,(H,15,18). The second kappa shape index (κ2) is 5.10. The molecule has 0 heterocycles. The molecule has 0 aromatic heterocycles. The first-order valence-electron chi connectivity index (χ1n) is 5.15. The fourth-order valence-corrected chi connectivity index (χ4v) is 1.71. The third kappa shape index (κ3) is 2.81. The monoisotopic (exact) mass is 307 g/mol. The fraction of sp³-hybridized carbons (Fsp3) is 0. The van der Waals surface area contributed by atoms with E-state index in [0.29, 0.717) is 5.69 Å². The van der Waals surface area contributed by atoms with Crippen molar-refractivity contribution in [1.82, 2.24) is 0 Å². The lowest BCUT2D eigenvalue weighted by Gasteiger charge is -2.07. The van der Waals surface area contributed by atoms with Crippen LogP contribution in [-0.2, 0) is 0 Å². The van der Waals surface area contributed by atoms with E-state index in [0.717, 1.165) is 10.5 Å². The molecule has 18 heavy (non-hydrogen) atoms. The van der Waals surface area contributed by atoms with E-state index in [2.05, 4.69) is 21.2 Å². The van der Waals surface area contributed by atoms with Crippen molar-refractivity contribution in [3.63, 3.8) is 0 Å². The summed E-state index contributed by atoms with van der Waals surface area (Å²) in [5.74, 6) is -0.785. The second-order valence-corrected chi connectivity index (χ2v) is 4.58. The normalized spacial score (nSPS) is 10.1. The van der Waals surface area contributed by atoms with E-state index < -0.39 is 5.91 Å². The molecule has 4 nitrogen and oxygen atoms in total. The summed E-state index contributed by atoms with van der Waals surface area (Å²) in [6, 6.07) is 10.9. The summed E-state index contributed by atoms with van der Waals surface area (Å²) < 4.78 is 0.910. The van der Waals surface area contributed by atoms with Crippen LogP contribution in [0.1, 0.15) is 10.4 Å². The van der Waals surface area contributed by atoms with Crippen molar-refractivity contribution in [1.29, 1.82) is 0 Å². The van der Waals surface area contributed by atoms with Crippen LogP contribution < -0.4 is 5.32 Å². The Morgan fingerprint density at radius 3 is 2.33 bits per heavy atom. The van der Waals surface area contributed by atoms with Crippen molar-refractivity contribution in [2.75, 3.05) is 5.32 Å². The lowest BCUT2D eigenvalue weighted by molar-refractivity contribution is 0.102. The van der Waals surface area contributed by atoms with Gasteiger partial charge in [0.2, 0.25) is 0 Å². The lowest BCUT2D eigenvalue weighted by Crippen LogP contribution is -2.11. The molecule has 0 unspecified atom stereocenters. The van der Waals surface area contributed by atoms with Gasteiger partial charge in [0, 0.05) is 16.2 Å². The van der Waals surface area contributed by atoms with Gasteiger partial charge < -0.3 is 15.5 Å². The summed E-state index contributed by atoms with van der Waals surface area (Å²) in [6.45, 7) is 0. The van der Waals surface area contributed by atoms with Gasteiger partial charge in [0.1, 0.15) is 11.5 Å². The minimum absolute atomic E-state index is 0.0901. The summed E-state index contributed by atoms with van der Waals surface area (Å²) in [6.07, 6.45) is 0. The number of carbonyl (C=O) groups excluding carboxylic acids is 1. The van der Waals surface area contributed by atoms with Crippen LogP contribution in [0.5, 0.6) is 11.5 Å². The molecule has 0 bridgehead atoms. The van der Waals surface area contributed by atoms with Gasteiger partial charge in [-0.05, 0) is 36.4 Å². The molecule has 0 saturated heterocycles. The van der Waals surface area contributed by atoms with Gasteiger partial charge in [-0.3, -0.25) is 4.79 Å². The fourth-order valence-electron chi connectivity index (χ4n) is 1.44. The van der Waals surface area contributed by atoms with Crippen molar-refractivity contribution in [3.8, 4) is 11.5 Å². The van der Waals surface area contributed by atoms with Gasteiger partial charge >= 0.3 is 0 Å². The van der Waals surface area contributed by atoms with Crippen molar-refractivity contribution >= 4 is 27.5 Å². The van der Waals surface area contributed by atoms with E-state index in [1.54, 1.807) is 24.3 Å². The summed E-state index contributed by atoms with van der Waals surface area (Å²) >= 11 is 3.30. The molecule has 0 atom stereocenters. The smallest absolute Gasteiger partial charge is 0.259 e. The van der Waals surface area contributed by atoms with E-state index in [1.165, 1.54) is 12.1 Å². The number of benzene rings is 2. The van der Waals surface area contributed by atoms with Gasteiger partial charge in [-0.25, -0.2) is 0 Å². The summed E-state index contributed by atoms with van der Waals surface area (Å²) in [7, 11) is 0. The predicted molar refractivity (Wildman–Crippen MR) is 71.9 cm³/mol. The van der Waals surface area contributed by atoms with Crippen LogP contribution in [0.2, 0.25) is 0 Å². The third-order valence-electron chi connectivity index (χ3n) is 2.33. The first-order valence-corrected chi connectivity index (χ1v) is 5.94. The summed E-state index contributed by atoms with van der Waals surface area (Å²) in [5.41, 5.74) is 0.728. The number of phenolic OH excluding ortho intramolecular Hbond substituents is 2. The molecule has 2 aromatic rings. The molecule has 5 heteroatoms. The third-order valence-corrected chi connectivity index (χ3v) is 2.86. The zero-order valence-electron chi connectivity index (χ0n) is 9.22. The number of halogens is 1. The number of hydrogen-bond donors (Lipinski definition) is 3. The van der Waals surface area contributed by atoms with Gasteiger partial charge in [0.15, 0.2) is 0 Å². The number of nitrogens with one attached hydrogen (secondary N) is 1. The predicted octanol–water partition coefficient (Wildman–Crippen LogP) is 3.11. The highest BCUT2D eigenvalue weighted by Gasteiger charge is 2.11. The molecule has 0 aliphatic heterocycles. The van der Waals surface area contributed by atoms with Gasteiger partial charge in [0.05, 0.1) is 5.56 Å². The van der Waals surface area contributed by atoms with Crippen LogP contribution in [0.3, 0.4) is 0 Å². The average molecular weight is 308 g/mol. The Morgan fingerprint density at radius 1 is 1.06 bits per heavy atom. The van der Waals surface area contributed by atoms with Crippen molar-refractivity contribution in [2.24, 2.45) is 0 Å². The highest BCUT2D eigenvalue weighted by molar-refractivity contribution is 9.10. The largest absolute Gasteiger partial charge is 0.508 e. The lowest BCUT2D eigenvalue weighted by atomic mass is 10.1. The van der Waals surface area contributed by atoms with E-state index in [-0.39, 0.29) is 17.1 Å². The topological polar surface area (TPSA) is 69.6 Å². The van der Waals surface area contributed by atoms with Gasteiger partial charge in [-0.1, -0.05) is 15.9 Å². The Balaban J connectivity index is 2.19. The molecular weight excluding hydrogens is 298 g/mol. The van der Waals surface area contributed by atoms with E-state index in [4.69, 9.17) is 5.11 Å². The Hall–Kier alpha value is -2.01. The number of anilines is 1. The Morgan fingerprint density at radius 2 is 1.72 bits per heavy atom. The molecule has 0 saturated carbocycles. The van der Waals surface area contributed by atoms with Gasteiger partial charge in [0.25, 0.3) is 5.91 Å². The molecule has 0 aliphatic carbocycles. The van der Waals surface area contributed by atoms with Gasteiger partial charge in [-0.2, -0.15) is 0 Å². The number of phenols is 2. The number of hydrogen-bond acceptors (Lipinski definition) is 3. The molecule has 0 spiro atoms. The van der Waals surface area contributed by atoms with Crippen LogP contribution in [0.4, 0.5) is 5.69 Å². The van der Waals surface area contributed by atoms with E-state index >= 15 is 0 Å². The maximum absolute atomic E-state index is 11.9. The highest BCUT2D eigenvalue weighted by atomic mass is 79.9. The SMILES string of the molecule is O=C(Nc1ccc(Br)cc1)c1ccc(O)cc1O. The molecule has 0 fully saturated rings. The second-order valence-electron chi connectivity index (χ2n) is 3.66. The van der Waals surface area contributed by atoms with E-state index in [1.807, 2.05) is 0 Å². The Bertz CT molecular complexity index is 581. The quantitative estimate of drug-likeness (QED) is 0.798. The maximum Gasteiger partial charge on any atom is 0.259 e. The Kier molecular flexibility index (Phi) is 3.53. The molecule has 3 N–H and O–H groups in total. The van der Waals surface area contributed by atoms with Crippen LogP contribution in [0.15, 0.2) is 46.9 Å². The molecular formula is C13H10BrNO3. The highest BCUT2D eigenvalue weighted by Crippen LogP contribution is 2.23. The van der Waals surface area contributed by atoms with Crippen molar-refractivity contribution in [3.05, 3.63) is 52.5 Å². The molecule has 92 valence electrons. The molecule has 0 aliphatic rings. The molecule has 2 rings (SSSR count). The number of rotatable bonds is 2. The van der Waals surface area contributed by atoms with Crippen LogP contribution in [0, 0.1) is 0 Å². The Labute approximate surface area is 112 Å². The number of amides is 1. The number of carbonyl (C=O) groups is 1. The van der Waals surface area contributed by atoms with Crippen molar-refractivity contribution < 1.29 is 15.0 Å². The minimum atomic E-state index is -0.435. The first kappa shape index (κ1) is 12.4. The number of aromatic hydroxyl groups is 2. The zero-order valence-corrected chi connectivity index (χ0v) is 10.8. The first-order chi connectivity index (χ1) is 8.56. The zero-order chi connectivity index (χ0) is 13.1. The molecule has 2 aromatic carbocycles. The summed E-state index contributed by atoms with van der Waals surface area (Å²) in [4.78, 5) is 11.9. The molecule has 0 radical (unpaired) electrons. The van der Waals surface area contributed by atoms with Crippen LogP contribution in [-0.4, -0.2) is 16.1 Å². The summed E-state index contributed by atoms with van der Waals surface area (Å²) in [5, 5.41) is 21.3. The van der Waals surface area contributed by atoms with Crippen molar-refractivity contribution in [2.45, 2.75) is 0 Å². The average Bonchev–Trinajstić information content (AvgIpc) is 2.32. The maximum atomic E-state index is 11.9. The van der Waals surface area contributed by atoms with Gasteiger partial charge in [-0.15, -0.1) is 0 Å². The van der Waals surface area contributed by atoms with Crippen LogP contribution in [0.25, 0.3) is 0 Å². The minimum Gasteiger partial charge on any atom is -0.508 e.